The number of allylic oxidation sites excluding steroid dienone is 4. The van der Waals surface area contributed by atoms with Crippen molar-refractivity contribution in [2.45, 2.75) is 84.0 Å². The summed E-state index contributed by atoms with van der Waals surface area (Å²) in [6.07, 6.45) is 13.5. The van der Waals surface area contributed by atoms with E-state index >= 15 is 0 Å². The van der Waals surface area contributed by atoms with E-state index in [1.165, 1.54) is 111 Å². The highest BCUT2D eigenvalue weighted by Gasteiger charge is 2.41. The van der Waals surface area contributed by atoms with Crippen LogP contribution < -0.4 is 9.80 Å². The minimum Gasteiger partial charge on any atom is -0.311 e. The third kappa shape index (κ3) is 9.49. The first-order valence-corrected chi connectivity index (χ1v) is 32.1. The highest BCUT2D eigenvalue weighted by atomic mass is 15.1. The molecule has 0 bridgehead atoms. The highest BCUT2D eigenvalue weighted by Crippen LogP contribution is 2.55. The zero-order valence-corrected chi connectivity index (χ0v) is 53.6. The van der Waals surface area contributed by atoms with Crippen molar-refractivity contribution in [3.63, 3.8) is 0 Å². The summed E-state index contributed by atoms with van der Waals surface area (Å²) in [6, 6.07) is 93.9. The maximum absolute atomic E-state index is 4.78. The van der Waals surface area contributed by atoms with Gasteiger partial charge in [-0.2, -0.15) is 0 Å². The van der Waals surface area contributed by atoms with E-state index < -0.39 is 0 Å². The summed E-state index contributed by atoms with van der Waals surface area (Å²) in [6.45, 7) is 25.7. The molecule has 4 aliphatic rings. The Morgan fingerprint density at radius 3 is 1.34 bits per heavy atom. The van der Waals surface area contributed by atoms with Crippen molar-refractivity contribution >= 4 is 58.3 Å². The average Bonchev–Trinajstić information content (AvgIpc) is 1.63. The zero-order chi connectivity index (χ0) is 62.6. The van der Waals surface area contributed by atoms with Gasteiger partial charge in [0, 0.05) is 61.4 Å². The third-order valence-electron chi connectivity index (χ3n) is 20.4. The molecule has 0 radical (unpaired) electrons. The van der Waals surface area contributed by atoms with Crippen LogP contribution in [0.2, 0.25) is 0 Å². The summed E-state index contributed by atoms with van der Waals surface area (Å²) < 4.78 is 0. The minimum absolute atomic E-state index is 0.142. The quantitative estimate of drug-likeness (QED) is 0.113. The first-order valence-electron chi connectivity index (χ1n) is 32.1. The molecular weight excluding hydrogens is 1100 g/mol. The van der Waals surface area contributed by atoms with Gasteiger partial charge in [0.05, 0.1) is 0 Å². The van der Waals surface area contributed by atoms with Crippen LogP contribution in [-0.2, 0) is 21.7 Å². The van der Waals surface area contributed by atoms with Gasteiger partial charge in [0.15, 0.2) is 0 Å². The summed E-state index contributed by atoms with van der Waals surface area (Å²) in [5, 5.41) is 0. The molecule has 91 heavy (non-hydrogen) atoms. The summed E-state index contributed by atoms with van der Waals surface area (Å²) in [7, 11) is 0. The van der Waals surface area contributed by atoms with Gasteiger partial charge in [-0.25, -0.2) is 0 Å². The van der Waals surface area contributed by atoms with Gasteiger partial charge in [0.2, 0.25) is 0 Å². The highest BCUT2D eigenvalue weighted by molar-refractivity contribution is 5.93. The summed E-state index contributed by atoms with van der Waals surface area (Å²) in [5.74, 6) is 0. The Bertz CT molecular complexity index is 4860. The van der Waals surface area contributed by atoms with Crippen LogP contribution >= 0.6 is 0 Å². The molecule has 2 nitrogen and oxygen atoms in total. The Morgan fingerprint density at radius 1 is 0.363 bits per heavy atom. The molecule has 0 aliphatic heterocycles. The molecule has 0 spiro atoms. The van der Waals surface area contributed by atoms with Crippen LogP contribution in [-0.4, -0.2) is 0 Å². The predicted octanol–water partition coefficient (Wildman–Crippen LogP) is 23.7. The molecule has 0 N–H and O–H groups in total. The van der Waals surface area contributed by atoms with E-state index in [0.717, 1.165) is 45.3 Å². The van der Waals surface area contributed by atoms with Gasteiger partial charge in [-0.1, -0.05) is 268 Å². The van der Waals surface area contributed by atoms with Crippen molar-refractivity contribution in [1.29, 1.82) is 0 Å². The van der Waals surface area contributed by atoms with Crippen molar-refractivity contribution in [2.75, 3.05) is 9.80 Å². The molecule has 440 valence electrons. The number of benzene rings is 10. The van der Waals surface area contributed by atoms with E-state index in [-0.39, 0.29) is 21.7 Å². The molecule has 0 aromatic heterocycles. The molecule has 15 rings (SSSR count). The van der Waals surface area contributed by atoms with E-state index in [0.29, 0.717) is 0 Å². The largest absolute Gasteiger partial charge is 0.311 e. The standard InChI is InChI=1S/C89H74N2/c1-11-70-71-26-18-20-28-78(71)86(3,4)80(70)52-58(2)90(65-22-14-12-15-23-65)67-44-49-76-73-47-38-61(53-81(73)88(7,8)84(76)55-67)32-30-59-34-40-63(41-35-59)64-42-36-60(37-43-64)31-33-62-39-48-74-77-51-46-69(57-85(77)89(9,10)82(74)54-62)91(66-24-16-13-17-25-66)68-45-50-75-72-27-19-21-29-79(72)87(5,6)83(75)56-68/h11-18,20-26,28-57H,2H2,1,3-10H3/b32-30+,33-31+,70-11-,80-52+. The lowest BCUT2D eigenvalue weighted by atomic mass is 9.81. The monoisotopic (exact) mass is 1170 g/mol. The van der Waals surface area contributed by atoms with Crippen LogP contribution in [0.5, 0.6) is 0 Å². The molecule has 11 aromatic rings. The first-order chi connectivity index (χ1) is 44.0. The molecule has 0 fully saturated rings. The second kappa shape index (κ2) is 21.7. The van der Waals surface area contributed by atoms with Gasteiger partial charge in [0.25, 0.3) is 0 Å². The molecule has 0 saturated carbocycles. The Morgan fingerprint density at radius 2 is 0.791 bits per heavy atom. The molecular formula is C89H74N2. The third-order valence-corrected chi connectivity index (χ3v) is 20.4. The molecule has 2 heteroatoms. The van der Waals surface area contributed by atoms with Crippen molar-refractivity contribution < 1.29 is 0 Å². The lowest BCUT2D eigenvalue weighted by Gasteiger charge is -2.30. The van der Waals surface area contributed by atoms with E-state index in [1.807, 2.05) is 6.07 Å². The van der Waals surface area contributed by atoms with Gasteiger partial charge >= 0.3 is 0 Å². The van der Waals surface area contributed by atoms with E-state index in [1.54, 1.807) is 0 Å². The number of rotatable bonds is 12. The van der Waals surface area contributed by atoms with Crippen molar-refractivity contribution in [3.05, 3.63) is 345 Å². The number of para-hydroxylation sites is 2. The SMILES string of the molecule is C=C(/C=C1\C(=C/C)c2ccccc2C1(C)C)N(c1ccccc1)c1ccc2c(c1)C(C)(C)c1cc(/C=C/c3ccc(-c4ccc(/C=C/c5ccc6c(c5)C(C)(C)c5cc(N(c7ccccc7)c7ccc8c(c7)C(C)(C)c7ccc#cc7-8)ccc5-6)cc4)cc3)ccc1-2. The molecule has 0 atom stereocenters. The normalized spacial score (nSPS) is 16.2. The van der Waals surface area contributed by atoms with Crippen LogP contribution in [0, 0.1) is 12.1 Å². The minimum atomic E-state index is -0.214. The van der Waals surface area contributed by atoms with Crippen LogP contribution in [0.1, 0.15) is 129 Å². The topological polar surface area (TPSA) is 6.48 Å². The van der Waals surface area contributed by atoms with E-state index in [2.05, 4.69) is 351 Å². The van der Waals surface area contributed by atoms with Crippen LogP contribution in [0.4, 0.5) is 28.4 Å². The zero-order valence-electron chi connectivity index (χ0n) is 53.6. The fraction of sp³-hybridized carbons (Fsp3) is 0.146. The van der Waals surface area contributed by atoms with Gasteiger partial charge in [-0.3, -0.25) is 0 Å². The number of hydrogen-bond acceptors (Lipinski definition) is 2. The molecule has 11 aromatic carbocycles. The number of fused-ring (bicyclic) bond motifs is 10. The molecule has 0 saturated heterocycles. The van der Waals surface area contributed by atoms with Crippen LogP contribution in [0.15, 0.2) is 267 Å². The van der Waals surface area contributed by atoms with Crippen molar-refractivity contribution in [1.82, 2.24) is 0 Å². The molecule has 0 unspecified atom stereocenters. The summed E-state index contributed by atoms with van der Waals surface area (Å²) >= 11 is 0. The second-order valence-corrected chi connectivity index (χ2v) is 27.2. The van der Waals surface area contributed by atoms with Gasteiger partial charge in [-0.05, 0) is 203 Å². The lowest BCUT2D eigenvalue weighted by Crippen LogP contribution is -2.20. The number of nitrogens with zero attached hydrogens (tertiary/aromatic N) is 2. The average molecular weight is 1170 g/mol. The Labute approximate surface area is 538 Å². The van der Waals surface area contributed by atoms with E-state index in [9.17, 15) is 0 Å². The Balaban J connectivity index is 0.623. The maximum atomic E-state index is 4.78. The van der Waals surface area contributed by atoms with Crippen LogP contribution in [0.3, 0.4) is 0 Å². The summed E-state index contributed by atoms with van der Waals surface area (Å²) in [4.78, 5) is 4.74. The van der Waals surface area contributed by atoms with Crippen molar-refractivity contribution in [3.8, 4) is 44.5 Å². The smallest absolute Gasteiger partial charge is 0.0465 e. The molecule has 0 amide bonds. The first kappa shape index (κ1) is 57.0. The van der Waals surface area contributed by atoms with E-state index in [4.69, 9.17) is 6.58 Å². The van der Waals surface area contributed by atoms with Gasteiger partial charge in [0.1, 0.15) is 0 Å². The molecule has 0 heterocycles. The maximum Gasteiger partial charge on any atom is 0.0465 e. The number of hydrogen-bond donors (Lipinski definition) is 0. The lowest BCUT2D eigenvalue weighted by molar-refractivity contribution is 0.659. The molecule has 4 aliphatic carbocycles. The van der Waals surface area contributed by atoms with Gasteiger partial charge < -0.3 is 9.80 Å². The number of anilines is 5. The van der Waals surface area contributed by atoms with Crippen molar-refractivity contribution in [2.24, 2.45) is 0 Å². The Kier molecular flexibility index (Phi) is 13.6. The summed E-state index contributed by atoms with van der Waals surface area (Å²) in [5.41, 5.74) is 33.7. The van der Waals surface area contributed by atoms with Crippen LogP contribution in [0.25, 0.3) is 74.4 Å². The fourth-order valence-electron chi connectivity index (χ4n) is 15.4. The Hall–Kier alpha value is -10.5. The predicted molar refractivity (Wildman–Crippen MR) is 387 cm³/mol. The van der Waals surface area contributed by atoms with Gasteiger partial charge in [-0.15, -0.1) is 0 Å². The fourth-order valence-corrected chi connectivity index (χ4v) is 15.4. The second-order valence-electron chi connectivity index (χ2n) is 27.2.